The molecule has 0 atom stereocenters. The Morgan fingerprint density at radius 3 is 2.76 bits per heavy atom. The number of likely N-dealkylation sites (tertiary alicyclic amines) is 1. The van der Waals surface area contributed by atoms with Gasteiger partial charge in [-0.3, -0.25) is 14.9 Å². The topological polar surface area (TPSA) is 106 Å². The number of methoxy groups -OCH3 is 1. The number of fused-ring (bicyclic) bond motifs is 1. The number of non-ortho nitro benzene ring substituents is 1. The highest BCUT2D eigenvalue weighted by Crippen LogP contribution is 2.35. The van der Waals surface area contributed by atoms with Crippen LogP contribution in [0.5, 0.6) is 5.75 Å². The normalized spacial score (nSPS) is 14.5. The van der Waals surface area contributed by atoms with Crippen molar-refractivity contribution in [3.05, 3.63) is 82.3 Å². The van der Waals surface area contributed by atoms with E-state index < -0.39 is 4.92 Å². The maximum Gasteiger partial charge on any atom is 0.274 e. The Kier molecular flexibility index (Phi) is 5.29. The van der Waals surface area contributed by atoms with Gasteiger partial charge in [-0.05, 0) is 54.7 Å². The fourth-order valence-corrected chi connectivity index (χ4v) is 4.47. The van der Waals surface area contributed by atoms with Crippen LogP contribution in [-0.2, 0) is 0 Å². The lowest BCUT2D eigenvalue weighted by molar-refractivity contribution is -0.384. The number of nitrogens with zero attached hydrogens (tertiary/aromatic N) is 4. The third-order valence-corrected chi connectivity index (χ3v) is 6.26. The van der Waals surface area contributed by atoms with Crippen LogP contribution in [0.4, 0.5) is 5.69 Å². The van der Waals surface area contributed by atoms with E-state index in [2.05, 4.69) is 22.3 Å². The number of hydrogen-bond acceptors (Lipinski definition) is 5. The molecule has 33 heavy (non-hydrogen) atoms. The second-order valence-corrected chi connectivity index (χ2v) is 8.14. The molecule has 0 spiro atoms. The van der Waals surface area contributed by atoms with Crippen LogP contribution < -0.4 is 4.74 Å². The van der Waals surface area contributed by atoms with Crippen LogP contribution in [0.2, 0.25) is 0 Å². The number of carbonyl (C=O) groups is 1. The number of carbonyl (C=O) groups excluding carboxylic acids is 1. The minimum Gasteiger partial charge on any atom is -0.497 e. The van der Waals surface area contributed by atoms with Crippen molar-refractivity contribution < 1.29 is 14.5 Å². The number of nitro benzene ring substituents is 1. The quantitative estimate of drug-likeness (QED) is 0.364. The van der Waals surface area contributed by atoms with Crippen molar-refractivity contribution in [1.82, 2.24) is 19.7 Å². The van der Waals surface area contributed by atoms with Crippen LogP contribution in [0.3, 0.4) is 0 Å². The van der Waals surface area contributed by atoms with Crippen LogP contribution in [0.25, 0.3) is 16.6 Å². The van der Waals surface area contributed by atoms with Gasteiger partial charge in [0.05, 0.1) is 17.7 Å². The van der Waals surface area contributed by atoms with Crippen LogP contribution in [0.1, 0.15) is 34.8 Å². The third-order valence-electron chi connectivity index (χ3n) is 6.26. The summed E-state index contributed by atoms with van der Waals surface area (Å²) in [6.45, 7) is 1.29. The molecule has 5 rings (SSSR count). The molecule has 1 saturated heterocycles. The zero-order valence-electron chi connectivity index (χ0n) is 18.1. The zero-order chi connectivity index (χ0) is 22.9. The monoisotopic (exact) mass is 445 g/mol. The Morgan fingerprint density at radius 1 is 1.18 bits per heavy atom. The fourth-order valence-electron chi connectivity index (χ4n) is 4.47. The number of rotatable bonds is 5. The minimum absolute atomic E-state index is 0.0205. The van der Waals surface area contributed by atoms with E-state index in [0.29, 0.717) is 30.4 Å². The highest BCUT2D eigenvalue weighted by Gasteiger charge is 2.27. The van der Waals surface area contributed by atoms with E-state index in [1.54, 1.807) is 31.5 Å². The van der Waals surface area contributed by atoms with Gasteiger partial charge in [0.25, 0.3) is 11.6 Å². The number of benzene rings is 2. The molecule has 0 bridgehead atoms. The summed E-state index contributed by atoms with van der Waals surface area (Å²) >= 11 is 0. The van der Waals surface area contributed by atoms with Crippen molar-refractivity contribution in [3.63, 3.8) is 0 Å². The number of nitrogens with one attached hydrogen (secondary N) is 1. The van der Waals surface area contributed by atoms with Gasteiger partial charge in [0.2, 0.25) is 0 Å². The molecule has 3 heterocycles. The number of aromatic nitrogens is 3. The molecule has 1 N–H and O–H groups in total. The highest BCUT2D eigenvalue weighted by molar-refractivity contribution is 5.92. The van der Waals surface area contributed by atoms with E-state index >= 15 is 0 Å². The lowest BCUT2D eigenvalue weighted by Crippen LogP contribution is -2.38. The van der Waals surface area contributed by atoms with Gasteiger partial charge in [-0.15, -0.1) is 0 Å². The van der Waals surface area contributed by atoms with E-state index in [1.165, 1.54) is 22.4 Å². The van der Waals surface area contributed by atoms with Crippen LogP contribution in [0.15, 0.2) is 60.9 Å². The smallest absolute Gasteiger partial charge is 0.274 e. The molecule has 9 nitrogen and oxygen atoms in total. The molecule has 168 valence electrons. The van der Waals surface area contributed by atoms with Gasteiger partial charge in [0, 0.05) is 48.5 Å². The number of hydrogen-bond donors (Lipinski definition) is 1. The van der Waals surface area contributed by atoms with Crippen molar-refractivity contribution in [3.8, 4) is 11.4 Å². The first-order valence-corrected chi connectivity index (χ1v) is 10.8. The van der Waals surface area contributed by atoms with Gasteiger partial charge in [-0.2, -0.15) is 5.10 Å². The molecule has 2 aromatic heterocycles. The second-order valence-electron chi connectivity index (χ2n) is 8.14. The number of ether oxygens (including phenoxy) is 1. The van der Waals surface area contributed by atoms with Gasteiger partial charge >= 0.3 is 0 Å². The number of aromatic amines is 1. The van der Waals surface area contributed by atoms with Gasteiger partial charge in [-0.1, -0.05) is 6.07 Å². The molecule has 0 unspecified atom stereocenters. The molecule has 1 fully saturated rings. The van der Waals surface area contributed by atoms with Gasteiger partial charge in [-0.25, -0.2) is 4.68 Å². The average molecular weight is 445 g/mol. The molecular weight excluding hydrogens is 422 g/mol. The predicted octanol–water partition coefficient (Wildman–Crippen LogP) is 4.29. The Labute approximate surface area is 189 Å². The number of H-pyrrole nitrogens is 1. The summed E-state index contributed by atoms with van der Waals surface area (Å²) in [6, 6.07) is 13.8. The summed E-state index contributed by atoms with van der Waals surface area (Å²) in [5.74, 6) is 1.06. The summed E-state index contributed by atoms with van der Waals surface area (Å²) in [5.41, 5.74) is 3.18. The second kappa shape index (κ2) is 8.42. The van der Waals surface area contributed by atoms with Crippen molar-refractivity contribution >= 4 is 22.5 Å². The van der Waals surface area contributed by atoms with Crippen molar-refractivity contribution in [2.24, 2.45) is 0 Å². The van der Waals surface area contributed by atoms with Crippen molar-refractivity contribution in [2.45, 2.75) is 18.8 Å². The van der Waals surface area contributed by atoms with E-state index in [-0.39, 0.29) is 11.6 Å². The number of nitro groups is 1. The number of amides is 1. The standard InChI is InChI=1S/C24H23N5O4/c1-33-19-5-6-22-20(14-19)21(15-25-22)16-7-10-27(11-8-16)24(30)23-9-12-28(26-23)17-3-2-4-18(13-17)29(31)32/h2-6,9,12-16,25H,7-8,10-11H2,1H3. The lowest BCUT2D eigenvalue weighted by Gasteiger charge is -2.31. The molecule has 2 aromatic carbocycles. The van der Waals surface area contributed by atoms with Gasteiger partial charge in [0.15, 0.2) is 5.69 Å². The summed E-state index contributed by atoms with van der Waals surface area (Å²) in [7, 11) is 1.66. The molecular formula is C24H23N5O4. The van der Waals surface area contributed by atoms with Gasteiger partial charge < -0.3 is 14.6 Å². The van der Waals surface area contributed by atoms with Crippen LogP contribution >= 0.6 is 0 Å². The van der Waals surface area contributed by atoms with E-state index in [1.807, 2.05) is 17.0 Å². The maximum absolute atomic E-state index is 13.0. The molecule has 1 aliphatic heterocycles. The first-order valence-electron chi connectivity index (χ1n) is 10.8. The lowest BCUT2D eigenvalue weighted by atomic mass is 9.89. The largest absolute Gasteiger partial charge is 0.497 e. The predicted molar refractivity (Wildman–Crippen MR) is 123 cm³/mol. The molecule has 4 aromatic rings. The van der Waals surface area contributed by atoms with Crippen LogP contribution in [0, 0.1) is 10.1 Å². The summed E-state index contributed by atoms with van der Waals surface area (Å²) < 4.78 is 6.87. The van der Waals surface area contributed by atoms with E-state index in [0.717, 1.165) is 29.5 Å². The molecule has 0 aliphatic carbocycles. The SMILES string of the molecule is COc1ccc2[nH]cc(C3CCN(C(=O)c4ccn(-c5cccc([N+](=O)[O-])c5)n4)CC3)c2c1. The first kappa shape index (κ1) is 20.7. The Balaban J connectivity index is 1.28. The van der Waals surface area contributed by atoms with Crippen molar-refractivity contribution in [2.75, 3.05) is 20.2 Å². The number of piperidine rings is 1. The van der Waals surface area contributed by atoms with E-state index in [9.17, 15) is 14.9 Å². The molecule has 1 aliphatic rings. The Bertz CT molecular complexity index is 1330. The summed E-state index contributed by atoms with van der Waals surface area (Å²) in [5, 5.41) is 16.6. The summed E-state index contributed by atoms with van der Waals surface area (Å²) in [6.07, 6.45) is 5.44. The highest BCUT2D eigenvalue weighted by atomic mass is 16.6. The zero-order valence-corrected chi connectivity index (χ0v) is 18.1. The minimum atomic E-state index is -0.451. The molecule has 9 heteroatoms. The van der Waals surface area contributed by atoms with Gasteiger partial charge in [0.1, 0.15) is 5.75 Å². The molecule has 0 saturated carbocycles. The molecule has 0 radical (unpaired) electrons. The average Bonchev–Trinajstić information content (AvgIpc) is 3.51. The first-order chi connectivity index (χ1) is 16.0. The fraction of sp³-hybridized carbons (Fsp3) is 0.250. The Morgan fingerprint density at radius 2 is 2.00 bits per heavy atom. The third kappa shape index (κ3) is 3.93. The van der Waals surface area contributed by atoms with Crippen molar-refractivity contribution in [1.29, 1.82) is 0 Å². The maximum atomic E-state index is 13.0. The van der Waals surface area contributed by atoms with E-state index in [4.69, 9.17) is 4.74 Å². The summed E-state index contributed by atoms with van der Waals surface area (Å²) in [4.78, 5) is 28.8. The van der Waals surface area contributed by atoms with Crippen LogP contribution in [-0.4, -0.2) is 50.7 Å². The Hall–Kier alpha value is -4.14. The molecule has 1 amide bonds.